The zero-order chi connectivity index (χ0) is 112. The summed E-state index contributed by atoms with van der Waals surface area (Å²) >= 11 is 0. The quantitative estimate of drug-likeness (QED) is 0.0312. The van der Waals surface area contributed by atoms with Crippen molar-refractivity contribution >= 4 is 147 Å². The molecule has 7 N–H and O–H groups in total. The summed E-state index contributed by atoms with van der Waals surface area (Å²) in [7, 11) is -96.2. The fourth-order valence-corrected chi connectivity index (χ4v) is 22.4. The Morgan fingerprint density at radius 3 is 0.493 bits per heavy atom. The van der Waals surface area contributed by atoms with Crippen LogP contribution in [-0.2, 0) is 141 Å². The van der Waals surface area contributed by atoms with Crippen LogP contribution in [0, 0.1) is 0 Å². The van der Waals surface area contributed by atoms with E-state index in [-0.39, 0.29) is 12.4 Å². The molecule has 2 aliphatic heterocycles. The molecule has 1 atom stereocenters. The summed E-state index contributed by atoms with van der Waals surface area (Å²) in [4.78, 5) is 0. The normalized spacial score (nSPS) is 20.5. The minimum atomic E-state index is -8.68. The Kier molecular flexibility index (Phi) is 37.9. The van der Waals surface area contributed by atoms with Crippen molar-refractivity contribution in [3.63, 3.8) is 0 Å². The Morgan fingerprint density at radius 2 is 0.358 bits per heavy atom. The van der Waals surface area contributed by atoms with E-state index in [1.807, 2.05) is 5.87 Å². The number of hydrogen-bond acceptors (Lipinski definition) is 27. The first-order valence-electron chi connectivity index (χ1n) is 25.1. The molecule has 2 aliphatic rings. The molecule has 34 nitrogen and oxygen atoms in total. The van der Waals surface area contributed by atoms with E-state index < -0.39 is 299 Å². The first-order chi connectivity index (χ1) is 55.7. The molecular weight excluding hydrogens is 2430 g/mol. The van der Waals surface area contributed by atoms with E-state index in [0.717, 1.165) is 0 Å². The molecule has 0 spiro atoms. The van der Waals surface area contributed by atoms with Gasteiger partial charge >= 0.3 is 183 Å². The standard InChI is InChI=1S/C8HF18NO4S2.C6HF14NO4S2.C4HF10NO4S2.C4H3F6NO3S2.C2HF6NO4S2.C2HF4NO4S2.F2HNO4S2/c9-1(10,5(17,18)19)3(13,14)7(23,24)32(28,29)27-33(30,31)8(25,26)4(15,16)2(11,12)6(20,21)22;7-1(8,3(11,12)13)5(17,18)26(22,23)21-27(24,25)6(19,20)2(9,10)4(14,15)16;5-1(6,7)3(11,12)20(16,17)15-21(18,19)4(13,14)2(8,9)10;1-15(12)3(7,8)2(5,6)4(9,10)16(13,14)11-15;3-1(4,5)14(10,11)9-15(12,13)2(6,7)8;3-1(4)2(5,6)13(10,11)7-12(1,8)9;1-8(4,5)3-9(2,6)7/h27H;21H;15H;1H2,(H,11,12);9H;7H;3H. The number of nitrogens with one attached hydrogen (secondary N) is 7. The average molecular weight is 2440 g/mol. The molecule has 2 fully saturated rings. The van der Waals surface area contributed by atoms with Crippen LogP contribution in [0.5, 0.6) is 0 Å². The Morgan fingerprint density at radius 1 is 0.201 bits per heavy atom. The lowest BCUT2D eigenvalue weighted by Crippen LogP contribution is -2.70. The Balaban J connectivity index is -0.000000499. The fourth-order valence-electron chi connectivity index (χ4n) is 4.53. The highest BCUT2D eigenvalue weighted by Gasteiger charge is 2.91. The van der Waals surface area contributed by atoms with Gasteiger partial charge in [-0.1, -0.05) is 32.5 Å². The summed E-state index contributed by atoms with van der Waals surface area (Å²) in [6.07, 6.45) is -44.4. The van der Waals surface area contributed by atoms with Gasteiger partial charge in [0.25, 0.3) is 90.2 Å². The molecule has 2 rings (SSSR count). The molecule has 2 saturated heterocycles. The van der Waals surface area contributed by atoms with E-state index in [2.05, 4.69) is 0 Å². The van der Waals surface area contributed by atoms with Gasteiger partial charge in [-0.05, 0) is 5.87 Å². The highest BCUT2D eigenvalue weighted by atomic mass is 32.3. The first kappa shape index (κ1) is 137. The van der Waals surface area contributed by atoms with Gasteiger partial charge < -0.3 is 0 Å². The summed E-state index contributed by atoms with van der Waals surface area (Å²) in [6, 6.07) is 0. The van der Waals surface area contributed by atoms with E-state index in [1.165, 1.54) is 0 Å². The lowest BCUT2D eigenvalue weighted by atomic mass is 10.1. The van der Waals surface area contributed by atoms with Crippen LogP contribution in [-0.4, -0.2) is 262 Å². The Bertz CT molecular complexity index is 5660. The molecule has 134 heavy (non-hydrogen) atoms. The molecule has 0 saturated carbocycles. The topological polar surface area (TPSA) is 545 Å². The highest BCUT2D eigenvalue weighted by Crippen LogP contribution is 2.60. The molecule has 0 aromatic heterocycles. The molecule has 0 bridgehead atoms. The van der Waals surface area contributed by atoms with Gasteiger partial charge in [0.2, 0.25) is 0 Å². The van der Waals surface area contributed by atoms with Crippen molar-refractivity contribution in [1.29, 1.82) is 0 Å². The number of rotatable bonds is 22. The summed E-state index contributed by atoms with van der Waals surface area (Å²) < 4.78 is 1010. The number of halogens is 60. The number of sulfonamides is 11. The largest absolute Gasteiger partial charge is 0.512 e. The molecule has 0 aliphatic carbocycles. The summed E-state index contributed by atoms with van der Waals surface area (Å²) in [5.74, 6) is -52.5. The van der Waals surface area contributed by atoms with Crippen molar-refractivity contribution in [2.75, 3.05) is 0 Å². The molecule has 0 aromatic rings. The predicted molar refractivity (Wildman–Crippen MR) is 288 cm³/mol. The average Bonchev–Trinajstić information content (AvgIpc) is 0.921. The molecule has 1 unspecified atom stereocenters. The van der Waals surface area contributed by atoms with Crippen LogP contribution in [0.15, 0.2) is 0 Å². The number of hydrogen-bond donors (Lipinski definition) is 7. The van der Waals surface area contributed by atoms with Crippen LogP contribution in [0.1, 0.15) is 0 Å². The van der Waals surface area contributed by atoms with Gasteiger partial charge in [0.15, 0.2) is 0 Å². The van der Waals surface area contributed by atoms with Crippen molar-refractivity contribution in [2.24, 2.45) is 0 Å². The maximum absolute atomic E-state index is 13.2. The lowest BCUT2D eigenvalue weighted by Gasteiger charge is -2.38. The van der Waals surface area contributed by atoms with Crippen LogP contribution >= 0.6 is 0 Å². The van der Waals surface area contributed by atoms with Crippen molar-refractivity contribution in [3.8, 4) is 0 Å². The maximum atomic E-state index is 13.2. The van der Waals surface area contributed by atoms with Crippen LogP contribution in [0.2, 0.25) is 0 Å². The second-order valence-electron chi connectivity index (χ2n) is 20.7. The van der Waals surface area contributed by atoms with Crippen LogP contribution in [0.25, 0.3) is 0 Å². The summed E-state index contributed by atoms with van der Waals surface area (Å²) in [5, 5.41) is -68.6. The highest BCUT2D eigenvalue weighted by molar-refractivity contribution is 8.11. The molecule has 108 heteroatoms. The predicted octanol–water partition coefficient (Wildman–Crippen LogP) is 7.54. The molecule has 2 heterocycles. The zero-order valence-electron chi connectivity index (χ0n) is 56.1. The lowest BCUT2D eigenvalue weighted by molar-refractivity contribution is -0.382. The molecule has 0 aromatic carbocycles. The van der Waals surface area contributed by atoms with Crippen LogP contribution < -0.4 is 28.9 Å². The second-order valence-corrected chi connectivity index (χ2v) is 45.6. The van der Waals surface area contributed by atoms with Crippen molar-refractivity contribution in [3.05, 3.63) is 0 Å². The van der Waals surface area contributed by atoms with Gasteiger partial charge in [-0.25, -0.2) is 96.8 Å². The van der Waals surface area contributed by atoms with Gasteiger partial charge in [0.1, 0.15) is 9.71 Å². The van der Waals surface area contributed by atoms with Crippen molar-refractivity contribution in [2.45, 2.75) is 142 Å². The minimum Gasteiger partial charge on any atom is -0.246 e. The third-order valence-corrected chi connectivity index (χ3v) is 34.1. The van der Waals surface area contributed by atoms with Gasteiger partial charge in [0, 0.05) is 0 Å². The van der Waals surface area contributed by atoms with E-state index in [0.29, 0.717) is 0 Å². The molecular formula is C26H9F60N7O27S14. The van der Waals surface area contributed by atoms with E-state index in [1.54, 1.807) is 0 Å². The monoisotopic (exact) mass is 2440 g/mol. The minimum absolute atomic E-state index is 0.0694. The third kappa shape index (κ3) is 25.7. The number of alkyl halides is 58. The van der Waals surface area contributed by atoms with Gasteiger partial charge in [-0.2, -0.15) is 271 Å². The fraction of sp³-hybridized carbons (Fsp3) is 0.962. The maximum Gasteiger partial charge on any atom is 0.512 e. The third-order valence-electron chi connectivity index (χ3n) is 11.0. The molecule has 0 radical (unpaired) electrons. The zero-order valence-corrected chi connectivity index (χ0v) is 67.6. The molecule has 814 valence electrons. The second kappa shape index (κ2) is 37.0. The van der Waals surface area contributed by atoms with E-state index in [4.69, 9.17) is 0 Å². The smallest absolute Gasteiger partial charge is 0.246 e. The summed E-state index contributed by atoms with van der Waals surface area (Å²) in [5.41, 5.74) is -12.3. The van der Waals surface area contributed by atoms with Crippen LogP contribution in [0.3, 0.4) is 0 Å². The van der Waals surface area contributed by atoms with E-state index >= 15 is 0 Å². The van der Waals surface area contributed by atoms with Gasteiger partial charge in [0.05, 0.1) is 0 Å². The SMILES string of the molecule is C=S1(=O)NS(=O)(=O)C(F)(F)C(F)(F)C1(F)F.O=S(=O)(F)NS(=O)(=O)F.O=S(=O)(NS(=O)(=O)C(F)(F)C(F)(F)C(F)(F)C(F)(F)F)C(F)(F)C(F)(F)C(F)(F)C(F)(F)F.O=S(=O)(NS(=O)(=O)C(F)(F)C(F)(F)C(F)(F)F)C(F)(F)C(F)(F)C(F)(F)F.O=S(=O)(NS(=O)(=O)C(F)(F)C(F)(F)F)C(F)(F)C(F)(F)F.O=S(=O)(NS(=O)(=O)C(F)(F)F)C(F)(F)F.O=S1(=O)NS(=O)(=O)C(F)(F)C1(F)F. The van der Waals surface area contributed by atoms with Gasteiger partial charge in [-0.15, -0.1) is 4.13 Å². The first-order valence-corrected chi connectivity index (χ1v) is 45.9. The van der Waals surface area contributed by atoms with E-state index in [9.17, 15) is 376 Å². The Labute approximate surface area is 691 Å². The Hall–Kier alpha value is -5.11. The van der Waals surface area contributed by atoms with Gasteiger partial charge in [-0.3, -0.25) is 0 Å². The van der Waals surface area contributed by atoms with Crippen LogP contribution in [0.4, 0.5) is 262 Å². The van der Waals surface area contributed by atoms with Crippen molar-refractivity contribution < 1.29 is 376 Å². The molecule has 0 amide bonds. The van der Waals surface area contributed by atoms with Crippen molar-refractivity contribution in [1.82, 2.24) is 28.9 Å². The summed E-state index contributed by atoms with van der Waals surface area (Å²) in [6.45, 7) is 0.